The summed E-state index contributed by atoms with van der Waals surface area (Å²) in [6, 6.07) is 23.4. The Bertz CT molecular complexity index is 798. The molecule has 0 amide bonds. The molecule has 2 fully saturated rings. The molecule has 2 aromatic carbocycles. The average molecular weight is 533 g/mol. The van der Waals surface area contributed by atoms with E-state index in [-0.39, 0.29) is 0 Å². The Morgan fingerprint density at radius 1 is 0.590 bits per heavy atom. The van der Waals surface area contributed by atoms with Gasteiger partial charge < -0.3 is 14.5 Å². The normalized spacial score (nSPS) is 19.7. The number of nitrogens with zero attached hydrogens (tertiary/aromatic N) is 2. The van der Waals surface area contributed by atoms with E-state index < -0.39 is 0 Å². The fraction of sp³-hybridized carbons (Fsp3) is 0.667. The number of benzene rings is 2. The number of likely N-dealkylation sites (tertiary alicyclic amines) is 2. The number of piperidine rings is 2. The molecule has 2 aliphatic rings. The van der Waals surface area contributed by atoms with Crippen molar-refractivity contribution in [1.82, 2.24) is 9.80 Å². The molecule has 0 aliphatic carbocycles. The molecule has 2 saturated heterocycles. The summed E-state index contributed by atoms with van der Waals surface area (Å²) in [5.74, 6) is 1.78. The fourth-order valence-corrected chi connectivity index (χ4v) is 6.72. The van der Waals surface area contributed by atoms with Crippen molar-refractivity contribution in [3.63, 3.8) is 0 Å². The van der Waals surface area contributed by atoms with Crippen LogP contribution in [0.2, 0.25) is 0 Å². The zero-order chi connectivity index (χ0) is 27.1. The molecule has 2 heterocycles. The van der Waals surface area contributed by atoms with Gasteiger partial charge in [-0.25, -0.2) is 0 Å². The van der Waals surface area contributed by atoms with Gasteiger partial charge in [0, 0.05) is 25.3 Å². The lowest BCUT2D eigenvalue weighted by Gasteiger charge is -2.37. The quantitative estimate of drug-likeness (QED) is 0.204. The van der Waals surface area contributed by atoms with E-state index in [9.17, 15) is 0 Å². The van der Waals surface area contributed by atoms with Crippen LogP contribution in [0.1, 0.15) is 89.2 Å². The van der Waals surface area contributed by atoms with Crippen LogP contribution in [-0.4, -0.2) is 61.3 Å². The molecule has 2 unspecified atom stereocenters. The van der Waals surface area contributed by atoms with Crippen LogP contribution < -0.4 is 0 Å². The Hall–Kier alpha value is -1.68. The van der Waals surface area contributed by atoms with Crippen molar-refractivity contribution in [2.45, 2.75) is 103 Å². The van der Waals surface area contributed by atoms with E-state index in [1.54, 1.807) is 0 Å². The third-order valence-electron chi connectivity index (χ3n) is 9.55. The van der Waals surface area contributed by atoms with E-state index in [1.807, 2.05) is 0 Å². The van der Waals surface area contributed by atoms with Crippen LogP contribution in [0.25, 0.3) is 0 Å². The number of hydrogen-bond acceptors (Lipinski definition) is 3. The van der Waals surface area contributed by atoms with Crippen molar-refractivity contribution < 1.29 is 4.74 Å². The number of rotatable bonds is 16. The average Bonchev–Trinajstić information content (AvgIpc) is 2.97. The van der Waals surface area contributed by atoms with Crippen molar-refractivity contribution >= 4 is 0 Å². The molecule has 0 N–H and O–H groups in total. The second-order valence-corrected chi connectivity index (χ2v) is 12.7. The maximum Gasteiger partial charge on any atom is 0.0480 e. The molecular weight excluding hydrogens is 476 g/mol. The third-order valence-corrected chi connectivity index (χ3v) is 9.55. The van der Waals surface area contributed by atoms with Crippen LogP contribution in [0.5, 0.6) is 0 Å². The Balaban J connectivity index is 1.21. The maximum absolute atomic E-state index is 6.39. The Morgan fingerprint density at radius 3 is 1.36 bits per heavy atom. The lowest BCUT2D eigenvalue weighted by molar-refractivity contribution is 0.0558. The van der Waals surface area contributed by atoms with Crippen LogP contribution in [0, 0.1) is 11.8 Å². The SMILES string of the molecule is CC1CCN(C(CCCc2ccccc2)CCOCCC(CCCc2ccccc2)N2CCC(C)CC2)CC1. The van der Waals surface area contributed by atoms with Gasteiger partial charge in [0.15, 0.2) is 0 Å². The molecule has 0 spiro atoms. The molecule has 2 aliphatic heterocycles. The largest absolute Gasteiger partial charge is 0.381 e. The van der Waals surface area contributed by atoms with Crippen LogP contribution in [0.3, 0.4) is 0 Å². The van der Waals surface area contributed by atoms with Gasteiger partial charge in [0.25, 0.3) is 0 Å². The summed E-state index contributed by atoms with van der Waals surface area (Å²) in [5, 5.41) is 0. The van der Waals surface area contributed by atoms with E-state index in [2.05, 4.69) is 84.3 Å². The zero-order valence-electron chi connectivity index (χ0n) is 25.1. The van der Waals surface area contributed by atoms with E-state index in [1.165, 1.54) is 114 Å². The van der Waals surface area contributed by atoms with E-state index >= 15 is 0 Å². The molecule has 0 aromatic heterocycles. The van der Waals surface area contributed by atoms with Crippen molar-refractivity contribution in [2.75, 3.05) is 39.4 Å². The molecule has 3 heteroatoms. The highest BCUT2D eigenvalue weighted by atomic mass is 16.5. The van der Waals surface area contributed by atoms with Crippen LogP contribution >= 0.6 is 0 Å². The van der Waals surface area contributed by atoms with Gasteiger partial charge in [-0.3, -0.25) is 0 Å². The summed E-state index contributed by atoms with van der Waals surface area (Å²) < 4.78 is 6.39. The number of aryl methyl sites for hydroxylation is 2. The lowest BCUT2D eigenvalue weighted by atomic mass is 9.95. The van der Waals surface area contributed by atoms with Crippen LogP contribution in [0.15, 0.2) is 60.7 Å². The van der Waals surface area contributed by atoms with Gasteiger partial charge in [0.2, 0.25) is 0 Å². The highest BCUT2D eigenvalue weighted by molar-refractivity contribution is 5.15. The highest BCUT2D eigenvalue weighted by Crippen LogP contribution is 2.24. The van der Waals surface area contributed by atoms with Gasteiger partial charge in [-0.15, -0.1) is 0 Å². The first-order valence-corrected chi connectivity index (χ1v) is 16.3. The van der Waals surface area contributed by atoms with Crippen molar-refractivity contribution in [3.8, 4) is 0 Å². The fourth-order valence-electron chi connectivity index (χ4n) is 6.72. The summed E-state index contributed by atoms with van der Waals surface area (Å²) >= 11 is 0. The smallest absolute Gasteiger partial charge is 0.0480 e. The topological polar surface area (TPSA) is 15.7 Å². The molecule has 4 rings (SSSR count). The van der Waals surface area contributed by atoms with E-state index in [0.717, 1.165) is 25.0 Å². The van der Waals surface area contributed by atoms with Crippen molar-refractivity contribution in [3.05, 3.63) is 71.8 Å². The van der Waals surface area contributed by atoms with Gasteiger partial charge in [0.05, 0.1) is 0 Å². The summed E-state index contributed by atoms with van der Waals surface area (Å²) in [6.07, 6.45) is 15.3. The summed E-state index contributed by atoms with van der Waals surface area (Å²) in [7, 11) is 0. The maximum atomic E-state index is 6.39. The van der Waals surface area contributed by atoms with Gasteiger partial charge in [-0.2, -0.15) is 0 Å². The highest BCUT2D eigenvalue weighted by Gasteiger charge is 2.24. The molecule has 0 bridgehead atoms. The van der Waals surface area contributed by atoms with Crippen molar-refractivity contribution in [1.29, 1.82) is 0 Å². The number of hydrogen-bond donors (Lipinski definition) is 0. The summed E-state index contributed by atoms with van der Waals surface area (Å²) in [5.41, 5.74) is 2.95. The molecule has 0 saturated carbocycles. The first kappa shape index (κ1) is 30.3. The first-order valence-electron chi connectivity index (χ1n) is 16.3. The second kappa shape index (κ2) is 17.2. The molecule has 2 aromatic rings. The van der Waals surface area contributed by atoms with Gasteiger partial charge in [-0.05, 0) is 126 Å². The molecule has 3 nitrogen and oxygen atoms in total. The Morgan fingerprint density at radius 2 is 0.974 bits per heavy atom. The molecular formula is C36H56N2O. The minimum absolute atomic E-state index is 0.673. The van der Waals surface area contributed by atoms with Crippen LogP contribution in [0.4, 0.5) is 0 Å². The zero-order valence-corrected chi connectivity index (χ0v) is 25.1. The van der Waals surface area contributed by atoms with Gasteiger partial charge in [-0.1, -0.05) is 74.5 Å². The van der Waals surface area contributed by atoms with Crippen LogP contribution in [-0.2, 0) is 17.6 Å². The minimum Gasteiger partial charge on any atom is -0.381 e. The first-order chi connectivity index (χ1) is 19.2. The van der Waals surface area contributed by atoms with Crippen molar-refractivity contribution in [2.24, 2.45) is 11.8 Å². The Labute approximate surface area is 240 Å². The molecule has 0 radical (unpaired) electrons. The lowest BCUT2D eigenvalue weighted by Crippen LogP contribution is -2.42. The van der Waals surface area contributed by atoms with E-state index in [4.69, 9.17) is 4.74 Å². The standard InChI is InChI=1S/C36H56N2O/c1-31-19-25-37(26-20-31)35(17-9-15-33-11-5-3-6-12-33)23-29-39-30-24-36(38-27-21-32(2)22-28-38)18-10-16-34-13-7-4-8-14-34/h3-8,11-14,31-32,35-36H,9-10,15-30H2,1-2H3. The predicted octanol–water partition coefficient (Wildman–Crippen LogP) is 8.03. The molecule has 39 heavy (non-hydrogen) atoms. The number of ether oxygens (including phenoxy) is 1. The second-order valence-electron chi connectivity index (χ2n) is 12.7. The Kier molecular flexibility index (Phi) is 13.4. The minimum atomic E-state index is 0.673. The van der Waals surface area contributed by atoms with Gasteiger partial charge in [0.1, 0.15) is 0 Å². The third kappa shape index (κ3) is 11.0. The monoisotopic (exact) mass is 532 g/mol. The molecule has 216 valence electrons. The summed E-state index contributed by atoms with van der Waals surface area (Å²) in [4.78, 5) is 5.57. The van der Waals surface area contributed by atoms with E-state index in [0.29, 0.717) is 12.1 Å². The molecule has 2 atom stereocenters. The summed E-state index contributed by atoms with van der Waals surface area (Å²) in [6.45, 7) is 11.8. The van der Waals surface area contributed by atoms with Gasteiger partial charge >= 0.3 is 0 Å². The predicted molar refractivity (Wildman–Crippen MR) is 166 cm³/mol.